The zero-order valence-corrected chi connectivity index (χ0v) is 10.6. The van der Waals surface area contributed by atoms with Gasteiger partial charge >= 0.3 is 0 Å². The molecule has 1 aliphatic carbocycles. The van der Waals surface area contributed by atoms with Crippen molar-refractivity contribution < 1.29 is 9.84 Å². The van der Waals surface area contributed by atoms with Crippen molar-refractivity contribution in [3.8, 4) is 0 Å². The fourth-order valence-corrected chi connectivity index (χ4v) is 1.95. The van der Waals surface area contributed by atoms with Crippen molar-refractivity contribution in [2.24, 2.45) is 11.7 Å². The lowest BCUT2D eigenvalue weighted by atomic mass is 9.83. The van der Waals surface area contributed by atoms with E-state index in [9.17, 15) is 5.11 Å². The van der Waals surface area contributed by atoms with E-state index in [1.165, 1.54) is 25.7 Å². The molecule has 1 saturated carbocycles. The molecular weight excluding hydrogens is 202 g/mol. The Balaban J connectivity index is 1.80. The van der Waals surface area contributed by atoms with E-state index in [4.69, 9.17) is 10.5 Å². The van der Waals surface area contributed by atoms with Crippen molar-refractivity contribution >= 4 is 0 Å². The molecule has 1 atom stereocenters. The van der Waals surface area contributed by atoms with Crippen molar-refractivity contribution in [3.63, 3.8) is 0 Å². The van der Waals surface area contributed by atoms with Gasteiger partial charge in [-0.15, -0.1) is 0 Å². The maximum atomic E-state index is 9.67. The zero-order chi connectivity index (χ0) is 11.9. The van der Waals surface area contributed by atoms with Gasteiger partial charge in [-0.2, -0.15) is 0 Å². The van der Waals surface area contributed by atoms with Gasteiger partial charge in [0.15, 0.2) is 0 Å². The third-order valence-corrected chi connectivity index (χ3v) is 3.59. The predicted octanol–water partition coefficient (Wildman–Crippen LogP) is 2.07. The molecule has 3 heteroatoms. The van der Waals surface area contributed by atoms with Gasteiger partial charge in [-0.1, -0.05) is 19.3 Å². The molecule has 0 aromatic rings. The Morgan fingerprint density at radius 1 is 1.31 bits per heavy atom. The van der Waals surface area contributed by atoms with Gasteiger partial charge in [0.05, 0.1) is 5.60 Å². The van der Waals surface area contributed by atoms with Gasteiger partial charge < -0.3 is 15.6 Å². The SMILES string of the molecule is CC(O)(CN)CCCCOCCC1CCC1. The van der Waals surface area contributed by atoms with Crippen LogP contribution in [0.5, 0.6) is 0 Å². The standard InChI is InChI=1S/C13H27NO2/c1-13(15,11-14)8-2-3-9-16-10-7-12-5-4-6-12/h12,15H,2-11,14H2,1H3. The monoisotopic (exact) mass is 229 g/mol. The van der Waals surface area contributed by atoms with Crippen molar-refractivity contribution in [1.82, 2.24) is 0 Å². The van der Waals surface area contributed by atoms with Crippen LogP contribution in [-0.4, -0.2) is 30.5 Å². The van der Waals surface area contributed by atoms with Gasteiger partial charge in [-0.3, -0.25) is 0 Å². The second kappa shape index (κ2) is 7.25. The number of rotatable bonds is 9. The minimum atomic E-state index is -0.689. The molecule has 0 aliphatic heterocycles. The number of nitrogens with two attached hydrogens (primary N) is 1. The molecule has 1 rings (SSSR count). The molecule has 16 heavy (non-hydrogen) atoms. The molecule has 0 radical (unpaired) electrons. The topological polar surface area (TPSA) is 55.5 Å². The molecule has 0 bridgehead atoms. The highest BCUT2D eigenvalue weighted by Crippen LogP contribution is 2.29. The Hall–Kier alpha value is -0.120. The van der Waals surface area contributed by atoms with Crippen LogP contribution < -0.4 is 5.73 Å². The first-order valence-corrected chi connectivity index (χ1v) is 6.64. The molecule has 0 aromatic heterocycles. The summed E-state index contributed by atoms with van der Waals surface area (Å²) in [5.74, 6) is 0.943. The summed E-state index contributed by atoms with van der Waals surface area (Å²) >= 11 is 0. The molecule has 3 nitrogen and oxygen atoms in total. The van der Waals surface area contributed by atoms with Gasteiger partial charge in [0, 0.05) is 19.8 Å². The first-order valence-electron chi connectivity index (χ1n) is 6.64. The van der Waals surface area contributed by atoms with Crippen LogP contribution in [0.3, 0.4) is 0 Å². The predicted molar refractivity (Wildman–Crippen MR) is 66.3 cm³/mol. The molecule has 0 saturated heterocycles. The summed E-state index contributed by atoms with van der Waals surface area (Å²) in [5, 5.41) is 9.67. The Morgan fingerprint density at radius 2 is 2.06 bits per heavy atom. The van der Waals surface area contributed by atoms with Crippen LogP contribution in [0.1, 0.15) is 51.9 Å². The maximum Gasteiger partial charge on any atom is 0.0741 e. The summed E-state index contributed by atoms with van der Waals surface area (Å²) in [6, 6.07) is 0. The van der Waals surface area contributed by atoms with E-state index < -0.39 is 5.60 Å². The van der Waals surface area contributed by atoms with Crippen LogP contribution >= 0.6 is 0 Å². The second-order valence-electron chi connectivity index (χ2n) is 5.36. The number of ether oxygens (including phenoxy) is 1. The van der Waals surface area contributed by atoms with E-state index >= 15 is 0 Å². The highest BCUT2D eigenvalue weighted by molar-refractivity contribution is 4.72. The minimum absolute atomic E-state index is 0.343. The normalized spacial score (nSPS) is 20.4. The Labute approximate surface area is 99.4 Å². The summed E-state index contributed by atoms with van der Waals surface area (Å²) in [4.78, 5) is 0. The van der Waals surface area contributed by atoms with Crippen LogP contribution in [-0.2, 0) is 4.74 Å². The van der Waals surface area contributed by atoms with Gasteiger partial charge in [0.1, 0.15) is 0 Å². The summed E-state index contributed by atoms with van der Waals surface area (Å²) in [5.41, 5.74) is 4.75. The molecule has 0 spiro atoms. The molecule has 96 valence electrons. The second-order valence-corrected chi connectivity index (χ2v) is 5.36. The Kier molecular flexibility index (Phi) is 6.32. The first kappa shape index (κ1) is 13.9. The molecule has 1 aliphatic rings. The molecule has 0 heterocycles. The van der Waals surface area contributed by atoms with Crippen LogP contribution in [0.25, 0.3) is 0 Å². The van der Waals surface area contributed by atoms with Crippen molar-refractivity contribution in [2.45, 2.75) is 57.5 Å². The van der Waals surface area contributed by atoms with E-state index in [2.05, 4.69) is 0 Å². The Bertz CT molecular complexity index is 179. The van der Waals surface area contributed by atoms with E-state index in [1.54, 1.807) is 6.92 Å². The van der Waals surface area contributed by atoms with Crippen molar-refractivity contribution in [2.75, 3.05) is 19.8 Å². The van der Waals surface area contributed by atoms with Gasteiger partial charge in [0.25, 0.3) is 0 Å². The third-order valence-electron chi connectivity index (χ3n) is 3.59. The van der Waals surface area contributed by atoms with Crippen LogP contribution in [0.4, 0.5) is 0 Å². The fraction of sp³-hybridized carbons (Fsp3) is 1.00. The highest BCUT2D eigenvalue weighted by atomic mass is 16.5. The van der Waals surface area contributed by atoms with E-state index in [-0.39, 0.29) is 0 Å². The number of hydrogen-bond donors (Lipinski definition) is 2. The molecule has 1 unspecified atom stereocenters. The zero-order valence-electron chi connectivity index (χ0n) is 10.6. The third kappa shape index (κ3) is 5.83. The largest absolute Gasteiger partial charge is 0.389 e. The maximum absolute atomic E-state index is 9.67. The quantitative estimate of drug-likeness (QED) is 0.595. The van der Waals surface area contributed by atoms with E-state index in [1.807, 2.05) is 0 Å². The smallest absolute Gasteiger partial charge is 0.0741 e. The van der Waals surface area contributed by atoms with Gasteiger partial charge in [-0.05, 0) is 38.5 Å². The van der Waals surface area contributed by atoms with Crippen molar-refractivity contribution in [3.05, 3.63) is 0 Å². The molecule has 0 amide bonds. The summed E-state index contributed by atoms with van der Waals surface area (Å²) in [6.45, 7) is 3.88. The molecule has 1 fully saturated rings. The summed E-state index contributed by atoms with van der Waals surface area (Å²) in [7, 11) is 0. The minimum Gasteiger partial charge on any atom is -0.389 e. The Morgan fingerprint density at radius 3 is 2.62 bits per heavy atom. The molecule has 0 aromatic carbocycles. The van der Waals surface area contributed by atoms with Gasteiger partial charge in [0.2, 0.25) is 0 Å². The van der Waals surface area contributed by atoms with Gasteiger partial charge in [-0.25, -0.2) is 0 Å². The average molecular weight is 229 g/mol. The van der Waals surface area contributed by atoms with Crippen molar-refractivity contribution in [1.29, 1.82) is 0 Å². The first-order chi connectivity index (χ1) is 7.64. The average Bonchev–Trinajstić information content (AvgIpc) is 2.19. The van der Waals surface area contributed by atoms with E-state index in [0.29, 0.717) is 6.54 Å². The molecule has 3 N–H and O–H groups in total. The van der Waals surface area contributed by atoms with Crippen LogP contribution in [0.2, 0.25) is 0 Å². The fourth-order valence-electron chi connectivity index (χ4n) is 1.95. The summed E-state index contributed by atoms with van der Waals surface area (Å²) in [6.07, 6.45) is 8.26. The van der Waals surface area contributed by atoms with E-state index in [0.717, 1.165) is 38.4 Å². The lowest BCUT2D eigenvalue weighted by Gasteiger charge is -2.25. The van der Waals surface area contributed by atoms with Crippen LogP contribution in [0.15, 0.2) is 0 Å². The summed E-state index contributed by atoms with van der Waals surface area (Å²) < 4.78 is 5.58. The lowest BCUT2D eigenvalue weighted by Crippen LogP contribution is -2.33. The molecular formula is C13H27NO2. The van der Waals surface area contributed by atoms with Crippen LogP contribution in [0, 0.1) is 5.92 Å². The highest BCUT2D eigenvalue weighted by Gasteiger charge is 2.17. The number of aliphatic hydroxyl groups is 1. The lowest BCUT2D eigenvalue weighted by molar-refractivity contribution is 0.0515. The number of hydrogen-bond acceptors (Lipinski definition) is 3. The number of unbranched alkanes of at least 4 members (excludes halogenated alkanes) is 1.